The topological polar surface area (TPSA) is 51.7 Å². The molecule has 3 rings (SSSR count). The minimum Gasteiger partial charge on any atom is -0.454 e. The average molecular weight is 326 g/mol. The van der Waals surface area contributed by atoms with E-state index in [-0.39, 0.29) is 12.7 Å². The number of pyridine rings is 1. The smallest absolute Gasteiger partial charge is 0.231 e. The van der Waals surface area contributed by atoms with E-state index in [4.69, 9.17) is 9.47 Å². The van der Waals surface area contributed by atoms with Gasteiger partial charge in [0, 0.05) is 25.5 Å². The first-order valence-electron chi connectivity index (χ1n) is 8.31. The molecule has 0 aliphatic carbocycles. The van der Waals surface area contributed by atoms with Crippen LogP contribution in [-0.4, -0.2) is 29.1 Å². The summed E-state index contributed by atoms with van der Waals surface area (Å²) < 4.78 is 10.7. The SMILES string of the molecule is CCCCN(Cc1cccnc1)C(=O)Cc1ccc2c(c1)OCO2. The number of carbonyl (C=O) groups is 1. The largest absolute Gasteiger partial charge is 0.454 e. The molecule has 2 heterocycles. The lowest BCUT2D eigenvalue weighted by Gasteiger charge is -2.23. The first kappa shape index (κ1) is 16.3. The molecule has 0 saturated carbocycles. The first-order chi connectivity index (χ1) is 11.8. The fourth-order valence-corrected chi connectivity index (χ4v) is 2.69. The molecule has 0 bridgehead atoms. The zero-order valence-electron chi connectivity index (χ0n) is 13.9. The molecule has 0 fully saturated rings. The monoisotopic (exact) mass is 326 g/mol. The predicted octanol–water partition coefficient (Wildman–Crippen LogP) is 3.18. The third kappa shape index (κ3) is 4.04. The van der Waals surface area contributed by atoms with Gasteiger partial charge in [0.15, 0.2) is 11.5 Å². The van der Waals surface area contributed by atoms with Crippen LogP contribution in [0.1, 0.15) is 30.9 Å². The predicted molar refractivity (Wildman–Crippen MR) is 90.8 cm³/mol. The number of carbonyl (C=O) groups excluding carboxylic acids is 1. The van der Waals surface area contributed by atoms with E-state index in [1.807, 2.05) is 41.4 Å². The number of rotatable bonds is 7. The van der Waals surface area contributed by atoms with E-state index < -0.39 is 0 Å². The Hall–Kier alpha value is -2.56. The number of unbranched alkanes of at least 4 members (excludes halogenated alkanes) is 1. The van der Waals surface area contributed by atoms with E-state index in [0.717, 1.165) is 36.3 Å². The normalized spacial score (nSPS) is 12.2. The van der Waals surface area contributed by atoms with Crippen LogP contribution in [0, 0.1) is 0 Å². The Labute approximate surface area is 142 Å². The highest BCUT2D eigenvalue weighted by Crippen LogP contribution is 2.32. The van der Waals surface area contributed by atoms with Crippen LogP contribution in [0.2, 0.25) is 0 Å². The van der Waals surface area contributed by atoms with Gasteiger partial charge >= 0.3 is 0 Å². The third-order valence-corrected chi connectivity index (χ3v) is 4.02. The summed E-state index contributed by atoms with van der Waals surface area (Å²) in [5, 5.41) is 0. The van der Waals surface area contributed by atoms with Gasteiger partial charge in [0.1, 0.15) is 0 Å². The van der Waals surface area contributed by atoms with Crippen LogP contribution in [0.5, 0.6) is 11.5 Å². The first-order valence-corrected chi connectivity index (χ1v) is 8.31. The van der Waals surface area contributed by atoms with Gasteiger partial charge in [-0.2, -0.15) is 0 Å². The molecule has 0 N–H and O–H groups in total. The van der Waals surface area contributed by atoms with Gasteiger partial charge in [0.25, 0.3) is 0 Å². The zero-order chi connectivity index (χ0) is 16.8. The Morgan fingerprint density at radius 1 is 1.21 bits per heavy atom. The second-order valence-electron chi connectivity index (χ2n) is 5.89. The van der Waals surface area contributed by atoms with E-state index in [1.165, 1.54) is 0 Å². The molecule has 0 spiro atoms. The van der Waals surface area contributed by atoms with Crippen LogP contribution in [0.15, 0.2) is 42.7 Å². The van der Waals surface area contributed by atoms with E-state index in [0.29, 0.717) is 18.7 Å². The molecular formula is C19H22N2O3. The van der Waals surface area contributed by atoms with Gasteiger partial charge in [-0.25, -0.2) is 0 Å². The molecule has 2 aromatic rings. The van der Waals surface area contributed by atoms with Crippen LogP contribution in [0.25, 0.3) is 0 Å². The molecule has 0 atom stereocenters. The van der Waals surface area contributed by atoms with Gasteiger partial charge in [-0.1, -0.05) is 25.5 Å². The lowest BCUT2D eigenvalue weighted by molar-refractivity contribution is -0.131. The Morgan fingerprint density at radius 2 is 2.08 bits per heavy atom. The van der Waals surface area contributed by atoms with Gasteiger partial charge in [-0.15, -0.1) is 0 Å². The number of benzene rings is 1. The van der Waals surface area contributed by atoms with Crippen LogP contribution in [-0.2, 0) is 17.8 Å². The summed E-state index contributed by atoms with van der Waals surface area (Å²) in [4.78, 5) is 18.8. The second kappa shape index (κ2) is 7.81. The molecule has 1 aromatic heterocycles. The summed E-state index contributed by atoms with van der Waals surface area (Å²) in [5.41, 5.74) is 1.99. The highest BCUT2D eigenvalue weighted by atomic mass is 16.7. The summed E-state index contributed by atoms with van der Waals surface area (Å²) in [6.07, 6.45) is 5.97. The quantitative estimate of drug-likeness (QED) is 0.784. The van der Waals surface area contributed by atoms with Gasteiger partial charge in [-0.05, 0) is 35.7 Å². The Balaban J connectivity index is 1.68. The average Bonchev–Trinajstić information content (AvgIpc) is 3.07. The van der Waals surface area contributed by atoms with Crippen molar-refractivity contribution >= 4 is 5.91 Å². The molecule has 5 nitrogen and oxygen atoms in total. The molecule has 5 heteroatoms. The minimum atomic E-state index is 0.117. The van der Waals surface area contributed by atoms with Crippen molar-refractivity contribution in [2.45, 2.75) is 32.7 Å². The number of amides is 1. The molecule has 1 aromatic carbocycles. The number of hydrogen-bond donors (Lipinski definition) is 0. The van der Waals surface area contributed by atoms with Crippen LogP contribution < -0.4 is 9.47 Å². The molecule has 1 aliphatic heterocycles. The summed E-state index contributed by atoms with van der Waals surface area (Å²) in [5.74, 6) is 1.57. The molecular weight excluding hydrogens is 304 g/mol. The van der Waals surface area contributed by atoms with Gasteiger partial charge < -0.3 is 14.4 Å². The molecule has 1 aliphatic rings. The van der Waals surface area contributed by atoms with Crippen molar-refractivity contribution in [2.24, 2.45) is 0 Å². The third-order valence-electron chi connectivity index (χ3n) is 4.02. The summed E-state index contributed by atoms with van der Waals surface area (Å²) in [6.45, 7) is 3.73. The Kier molecular flexibility index (Phi) is 5.31. The lowest BCUT2D eigenvalue weighted by atomic mass is 10.1. The molecule has 0 saturated heterocycles. The number of nitrogens with zero attached hydrogens (tertiary/aromatic N) is 2. The number of aromatic nitrogens is 1. The van der Waals surface area contributed by atoms with Crippen LogP contribution in [0.3, 0.4) is 0 Å². The highest BCUT2D eigenvalue weighted by molar-refractivity contribution is 5.79. The van der Waals surface area contributed by atoms with Crippen molar-refractivity contribution < 1.29 is 14.3 Å². The van der Waals surface area contributed by atoms with Crippen LogP contribution in [0.4, 0.5) is 0 Å². The maximum Gasteiger partial charge on any atom is 0.231 e. The van der Waals surface area contributed by atoms with Crippen molar-refractivity contribution in [3.8, 4) is 11.5 Å². The van der Waals surface area contributed by atoms with E-state index in [2.05, 4.69) is 11.9 Å². The zero-order valence-corrected chi connectivity index (χ0v) is 13.9. The van der Waals surface area contributed by atoms with E-state index in [9.17, 15) is 4.79 Å². The number of hydrogen-bond acceptors (Lipinski definition) is 4. The highest BCUT2D eigenvalue weighted by Gasteiger charge is 2.17. The Morgan fingerprint density at radius 3 is 2.88 bits per heavy atom. The van der Waals surface area contributed by atoms with Crippen LogP contribution >= 0.6 is 0 Å². The van der Waals surface area contributed by atoms with Crippen molar-refractivity contribution in [2.75, 3.05) is 13.3 Å². The molecule has 126 valence electrons. The summed E-state index contributed by atoms with van der Waals surface area (Å²) in [6, 6.07) is 9.58. The number of fused-ring (bicyclic) bond motifs is 1. The minimum absolute atomic E-state index is 0.117. The summed E-state index contributed by atoms with van der Waals surface area (Å²) in [7, 11) is 0. The van der Waals surface area contributed by atoms with Gasteiger partial charge in [-0.3, -0.25) is 9.78 Å². The lowest BCUT2D eigenvalue weighted by Crippen LogP contribution is -2.32. The number of ether oxygens (including phenoxy) is 2. The Bertz CT molecular complexity index is 688. The molecule has 0 radical (unpaired) electrons. The molecule has 1 amide bonds. The maximum atomic E-state index is 12.8. The second-order valence-corrected chi connectivity index (χ2v) is 5.89. The molecule has 0 unspecified atom stereocenters. The van der Waals surface area contributed by atoms with Crippen molar-refractivity contribution in [1.82, 2.24) is 9.88 Å². The van der Waals surface area contributed by atoms with Crippen molar-refractivity contribution in [1.29, 1.82) is 0 Å². The molecule has 24 heavy (non-hydrogen) atoms. The standard InChI is InChI=1S/C19H22N2O3/c1-2-3-9-21(13-16-5-4-8-20-12-16)19(22)11-15-6-7-17-18(10-15)24-14-23-17/h4-8,10,12H,2-3,9,11,13-14H2,1H3. The van der Waals surface area contributed by atoms with Crippen molar-refractivity contribution in [3.05, 3.63) is 53.9 Å². The van der Waals surface area contributed by atoms with Gasteiger partial charge in [0.2, 0.25) is 12.7 Å². The fourth-order valence-electron chi connectivity index (χ4n) is 2.69. The van der Waals surface area contributed by atoms with E-state index in [1.54, 1.807) is 6.20 Å². The summed E-state index contributed by atoms with van der Waals surface area (Å²) >= 11 is 0. The maximum absolute atomic E-state index is 12.8. The van der Waals surface area contributed by atoms with E-state index >= 15 is 0 Å². The van der Waals surface area contributed by atoms with Crippen molar-refractivity contribution in [3.63, 3.8) is 0 Å². The fraction of sp³-hybridized carbons (Fsp3) is 0.368. The van der Waals surface area contributed by atoms with Gasteiger partial charge in [0.05, 0.1) is 6.42 Å².